The van der Waals surface area contributed by atoms with Crippen LogP contribution in [-0.2, 0) is 15.8 Å². The van der Waals surface area contributed by atoms with Crippen LogP contribution in [0.15, 0.2) is 36.5 Å². The molecule has 30 heavy (non-hydrogen) atoms. The number of carbonyl (C=O) groups excluding carboxylic acids is 3. The molecule has 1 N–H and O–H groups in total. The molecule has 0 saturated carbocycles. The highest BCUT2D eigenvalue weighted by Gasteiger charge is 2.31. The van der Waals surface area contributed by atoms with Crippen LogP contribution in [0.25, 0.3) is 0 Å². The second kappa shape index (κ2) is 8.13. The van der Waals surface area contributed by atoms with Gasteiger partial charge in [0.15, 0.2) is 11.9 Å². The summed E-state index contributed by atoms with van der Waals surface area (Å²) in [7, 11) is 1.58. The van der Waals surface area contributed by atoms with E-state index in [1.54, 1.807) is 26.1 Å². The topological polar surface area (TPSA) is 88.6 Å². The lowest BCUT2D eigenvalue weighted by Crippen LogP contribution is -2.42. The number of Topliss-reactive ketones (excluding diaryl/α,β-unsaturated/α-hetero) is 1. The van der Waals surface area contributed by atoms with E-state index >= 15 is 0 Å². The first-order chi connectivity index (χ1) is 14.1. The van der Waals surface area contributed by atoms with Crippen LogP contribution in [0.2, 0.25) is 0 Å². The molecule has 2 aromatic rings. The number of amides is 2. The molecule has 2 amide bonds. The maximum absolute atomic E-state index is 12.5. The van der Waals surface area contributed by atoms with E-state index in [0.717, 1.165) is 12.1 Å². The molecule has 1 unspecified atom stereocenters. The molecular formula is C20H18F3N3O4. The van der Waals surface area contributed by atoms with Gasteiger partial charge in [0.2, 0.25) is 5.91 Å². The van der Waals surface area contributed by atoms with Crippen LogP contribution in [-0.4, -0.2) is 35.7 Å². The van der Waals surface area contributed by atoms with Gasteiger partial charge in [-0.1, -0.05) is 0 Å². The van der Waals surface area contributed by atoms with Crippen molar-refractivity contribution in [1.29, 1.82) is 0 Å². The summed E-state index contributed by atoms with van der Waals surface area (Å²) in [4.78, 5) is 41.4. The predicted octanol–water partition coefficient (Wildman–Crippen LogP) is 3.45. The summed E-state index contributed by atoms with van der Waals surface area (Å²) in [5.41, 5.74) is -0.153. The minimum atomic E-state index is -4.52. The Labute approximate surface area is 169 Å². The van der Waals surface area contributed by atoms with E-state index in [1.165, 1.54) is 11.0 Å². The molecule has 0 saturated heterocycles. The number of pyridine rings is 1. The van der Waals surface area contributed by atoms with Crippen LogP contribution >= 0.6 is 0 Å². The quantitative estimate of drug-likeness (QED) is 0.748. The third kappa shape index (κ3) is 4.58. The summed E-state index contributed by atoms with van der Waals surface area (Å²) >= 11 is 0. The highest BCUT2D eigenvalue weighted by molar-refractivity contribution is 6.03. The molecule has 1 atom stereocenters. The van der Waals surface area contributed by atoms with Gasteiger partial charge in [0, 0.05) is 31.6 Å². The third-order valence-electron chi connectivity index (χ3n) is 4.56. The molecule has 0 aliphatic carbocycles. The van der Waals surface area contributed by atoms with Crippen molar-refractivity contribution in [2.75, 3.05) is 17.3 Å². The van der Waals surface area contributed by atoms with E-state index < -0.39 is 23.8 Å². The zero-order valence-electron chi connectivity index (χ0n) is 16.1. The first kappa shape index (κ1) is 21.3. The molecule has 2 heterocycles. The first-order valence-electron chi connectivity index (χ1n) is 9.01. The second-order valence-electron chi connectivity index (χ2n) is 6.74. The smallest absolute Gasteiger partial charge is 0.417 e. The molecule has 0 bridgehead atoms. The summed E-state index contributed by atoms with van der Waals surface area (Å²) in [6.07, 6.45) is -4.82. The fourth-order valence-electron chi connectivity index (χ4n) is 2.90. The monoisotopic (exact) mass is 421 g/mol. The largest absolute Gasteiger partial charge is 0.479 e. The fraction of sp³-hybridized carbons (Fsp3) is 0.300. The Balaban J connectivity index is 1.59. The lowest BCUT2D eigenvalue weighted by molar-refractivity contribution is -0.137. The number of rotatable bonds is 5. The van der Waals surface area contributed by atoms with Gasteiger partial charge in [-0.05, 0) is 37.3 Å². The molecule has 1 aromatic heterocycles. The van der Waals surface area contributed by atoms with Gasteiger partial charge >= 0.3 is 6.18 Å². The van der Waals surface area contributed by atoms with Crippen molar-refractivity contribution in [3.8, 4) is 5.75 Å². The van der Waals surface area contributed by atoms with Gasteiger partial charge < -0.3 is 15.0 Å². The van der Waals surface area contributed by atoms with Crippen LogP contribution in [0.3, 0.4) is 0 Å². The number of nitrogens with one attached hydrogen (secondary N) is 1. The number of ether oxygens (including phenoxy) is 1. The lowest BCUT2D eigenvalue weighted by Gasteiger charge is -2.30. The van der Waals surface area contributed by atoms with Gasteiger partial charge in [-0.15, -0.1) is 0 Å². The van der Waals surface area contributed by atoms with Crippen molar-refractivity contribution in [1.82, 2.24) is 4.98 Å². The minimum Gasteiger partial charge on any atom is -0.479 e. The number of anilines is 2. The van der Waals surface area contributed by atoms with Crippen molar-refractivity contribution < 1.29 is 32.3 Å². The van der Waals surface area contributed by atoms with E-state index in [1.807, 2.05) is 0 Å². The minimum absolute atomic E-state index is 0.0411. The van der Waals surface area contributed by atoms with Gasteiger partial charge in [-0.3, -0.25) is 14.4 Å². The van der Waals surface area contributed by atoms with Crippen LogP contribution < -0.4 is 15.0 Å². The highest BCUT2D eigenvalue weighted by Crippen LogP contribution is 2.34. The average molecular weight is 421 g/mol. The summed E-state index contributed by atoms with van der Waals surface area (Å²) < 4.78 is 43.1. The van der Waals surface area contributed by atoms with Gasteiger partial charge in [0.25, 0.3) is 5.91 Å². The molecule has 0 spiro atoms. The van der Waals surface area contributed by atoms with Crippen LogP contribution in [0.5, 0.6) is 5.75 Å². The van der Waals surface area contributed by atoms with Crippen molar-refractivity contribution in [3.63, 3.8) is 0 Å². The molecule has 7 nitrogen and oxygen atoms in total. The number of halogens is 3. The first-order valence-corrected chi connectivity index (χ1v) is 9.01. The summed E-state index contributed by atoms with van der Waals surface area (Å²) in [6, 6.07) is 6.51. The maximum atomic E-state index is 12.5. The summed E-state index contributed by atoms with van der Waals surface area (Å²) in [5.74, 6) is -0.686. The SMILES string of the molecule is CC1Oc2ccc(C(=O)CCC(=O)Nc3ccc(C(F)(F)F)cn3)cc2N(C)C1=O. The van der Waals surface area contributed by atoms with Crippen molar-refractivity contribution in [2.24, 2.45) is 0 Å². The number of aromatic nitrogens is 1. The Morgan fingerprint density at radius 1 is 1.20 bits per heavy atom. The zero-order chi connectivity index (χ0) is 22.1. The molecule has 1 aliphatic rings. The summed E-state index contributed by atoms with van der Waals surface area (Å²) in [5, 5.41) is 2.35. The van der Waals surface area contributed by atoms with Crippen LogP contribution in [0, 0.1) is 0 Å². The standard InChI is InChI=1S/C20H18F3N3O4/c1-11-19(29)26(2)14-9-12(3-6-16(14)30-11)15(27)5-8-18(28)25-17-7-4-13(10-24-17)20(21,22)23/h3-4,6-7,9-11H,5,8H2,1-2H3,(H,24,25,28). The average Bonchev–Trinajstić information content (AvgIpc) is 2.70. The molecule has 158 valence electrons. The molecular weight excluding hydrogens is 403 g/mol. The van der Waals surface area contributed by atoms with E-state index in [-0.39, 0.29) is 30.3 Å². The predicted molar refractivity (Wildman–Crippen MR) is 101 cm³/mol. The molecule has 1 aromatic carbocycles. The van der Waals surface area contributed by atoms with Crippen LogP contribution in [0.4, 0.5) is 24.7 Å². The molecule has 1 aliphatic heterocycles. The third-order valence-corrected chi connectivity index (χ3v) is 4.56. The number of nitrogens with zero attached hydrogens (tertiary/aromatic N) is 2. The molecule has 0 fully saturated rings. The number of benzene rings is 1. The Kier molecular flexibility index (Phi) is 5.77. The zero-order valence-corrected chi connectivity index (χ0v) is 16.1. The summed E-state index contributed by atoms with van der Waals surface area (Å²) in [6.45, 7) is 1.63. The van der Waals surface area contributed by atoms with Gasteiger partial charge in [0.1, 0.15) is 11.6 Å². The normalized spacial score (nSPS) is 16.0. The number of fused-ring (bicyclic) bond motifs is 1. The number of hydrogen-bond donors (Lipinski definition) is 1. The van der Waals surface area contributed by atoms with Crippen LogP contribution in [0.1, 0.15) is 35.7 Å². The fourth-order valence-corrected chi connectivity index (χ4v) is 2.90. The van der Waals surface area contributed by atoms with Crippen molar-refractivity contribution >= 4 is 29.1 Å². The van der Waals surface area contributed by atoms with Gasteiger partial charge in [-0.25, -0.2) is 4.98 Å². The number of likely N-dealkylation sites (N-methyl/N-ethyl adjacent to an activating group) is 1. The van der Waals surface area contributed by atoms with Gasteiger partial charge in [-0.2, -0.15) is 13.2 Å². The Bertz CT molecular complexity index is 990. The second-order valence-corrected chi connectivity index (χ2v) is 6.74. The Hall–Kier alpha value is -3.43. The number of carbonyl (C=O) groups is 3. The van der Waals surface area contributed by atoms with Gasteiger partial charge in [0.05, 0.1) is 11.3 Å². The van der Waals surface area contributed by atoms with E-state index in [0.29, 0.717) is 23.2 Å². The lowest BCUT2D eigenvalue weighted by atomic mass is 10.0. The molecule has 10 heteroatoms. The highest BCUT2D eigenvalue weighted by atomic mass is 19.4. The Morgan fingerprint density at radius 2 is 1.93 bits per heavy atom. The molecule has 0 radical (unpaired) electrons. The molecule has 3 rings (SSSR count). The van der Waals surface area contributed by atoms with Crippen molar-refractivity contribution in [2.45, 2.75) is 32.0 Å². The maximum Gasteiger partial charge on any atom is 0.417 e. The van der Waals surface area contributed by atoms with E-state index in [4.69, 9.17) is 4.74 Å². The van der Waals surface area contributed by atoms with E-state index in [2.05, 4.69) is 10.3 Å². The number of hydrogen-bond acceptors (Lipinski definition) is 5. The van der Waals surface area contributed by atoms with E-state index in [9.17, 15) is 27.6 Å². The van der Waals surface area contributed by atoms with Crippen molar-refractivity contribution in [3.05, 3.63) is 47.7 Å². The number of ketones is 1. The number of alkyl halides is 3. The Morgan fingerprint density at radius 3 is 2.57 bits per heavy atom.